The van der Waals surface area contributed by atoms with Crippen molar-refractivity contribution in [3.05, 3.63) is 57.6 Å². The second-order valence-electron chi connectivity index (χ2n) is 9.22. The Hall–Kier alpha value is -2.82. The van der Waals surface area contributed by atoms with Crippen molar-refractivity contribution in [1.82, 2.24) is 4.90 Å². The average molecular weight is 422 g/mol. The summed E-state index contributed by atoms with van der Waals surface area (Å²) in [4.78, 5) is 27.4. The summed E-state index contributed by atoms with van der Waals surface area (Å²) >= 11 is 0. The van der Waals surface area contributed by atoms with Crippen LogP contribution >= 0.6 is 0 Å². The Bertz CT molecular complexity index is 1050. The molecule has 2 aliphatic rings. The van der Waals surface area contributed by atoms with Crippen LogP contribution < -0.4 is 9.47 Å². The van der Waals surface area contributed by atoms with E-state index in [-0.39, 0.29) is 18.3 Å². The van der Waals surface area contributed by atoms with Crippen molar-refractivity contribution in [2.24, 2.45) is 0 Å². The number of ether oxygens (including phenoxy) is 2. The highest BCUT2D eigenvalue weighted by Gasteiger charge is 2.44. The Kier molecular flexibility index (Phi) is 5.54. The minimum Gasteiger partial charge on any atom is -0.486 e. The minimum atomic E-state index is -0.508. The van der Waals surface area contributed by atoms with Crippen LogP contribution in [-0.4, -0.2) is 41.9 Å². The van der Waals surface area contributed by atoms with E-state index in [2.05, 4.69) is 12.1 Å². The standard InChI is InChI=1S/C26H31NO4/c1-16-11-19(4)25-21(12-16)22(28)14-26(31-25)6-8-27(9-7-26)24(29)15-30-23-13-17(2)10-18(3)20(23)5/h10-13H,6-9,14-15H2,1-5H3. The van der Waals surface area contributed by atoms with Gasteiger partial charge in [0.1, 0.15) is 17.1 Å². The molecule has 5 heteroatoms. The number of Topliss-reactive ketones (excluding diaryl/α,β-unsaturated/α-hetero) is 1. The highest BCUT2D eigenvalue weighted by atomic mass is 16.5. The minimum absolute atomic E-state index is 0.0252. The van der Waals surface area contributed by atoms with E-state index in [1.807, 2.05) is 51.7 Å². The first-order valence-electron chi connectivity index (χ1n) is 11.0. The quantitative estimate of drug-likeness (QED) is 0.725. The number of nitrogens with zero attached hydrogens (tertiary/aromatic N) is 1. The summed E-state index contributed by atoms with van der Waals surface area (Å²) in [6.45, 7) is 11.2. The van der Waals surface area contributed by atoms with Gasteiger partial charge in [-0.1, -0.05) is 12.1 Å². The number of benzene rings is 2. The molecule has 1 amide bonds. The fraction of sp³-hybridized carbons (Fsp3) is 0.462. The van der Waals surface area contributed by atoms with Gasteiger partial charge < -0.3 is 14.4 Å². The molecule has 2 aromatic rings. The molecule has 1 saturated heterocycles. The third-order valence-corrected chi connectivity index (χ3v) is 6.66. The molecule has 0 N–H and O–H groups in total. The maximum absolute atomic E-state index is 12.8. The highest BCUT2D eigenvalue weighted by Crippen LogP contribution is 2.41. The largest absolute Gasteiger partial charge is 0.486 e. The number of carbonyl (C=O) groups is 2. The summed E-state index contributed by atoms with van der Waals surface area (Å²) in [6, 6.07) is 8.06. The topological polar surface area (TPSA) is 55.8 Å². The third kappa shape index (κ3) is 4.18. The van der Waals surface area contributed by atoms with Crippen LogP contribution in [0.15, 0.2) is 24.3 Å². The summed E-state index contributed by atoms with van der Waals surface area (Å²) in [5.41, 5.74) is 5.60. The number of hydrogen-bond donors (Lipinski definition) is 0. The predicted octanol–water partition coefficient (Wildman–Crippen LogP) is 4.63. The van der Waals surface area contributed by atoms with Crippen molar-refractivity contribution in [2.45, 2.75) is 59.5 Å². The molecule has 2 aromatic carbocycles. The van der Waals surface area contributed by atoms with Gasteiger partial charge in [0.05, 0.1) is 12.0 Å². The van der Waals surface area contributed by atoms with Crippen LogP contribution in [0.2, 0.25) is 0 Å². The van der Waals surface area contributed by atoms with E-state index >= 15 is 0 Å². The molecule has 0 saturated carbocycles. The molecule has 0 bridgehead atoms. The summed E-state index contributed by atoms with van der Waals surface area (Å²) in [6.07, 6.45) is 1.68. The van der Waals surface area contributed by atoms with Crippen LogP contribution in [0.5, 0.6) is 11.5 Å². The number of fused-ring (bicyclic) bond motifs is 1. The molecule has 2 aliphatic heterocycles. The van der Waals surface area contributed by atoms with Gasteiger partial charge in [-0.2, -0.15) is 0 Å². The fourth-order valence-electron chi connectivity index (χ4n) is 4.76. The number of hydrogen-bond acceptors (Lipinski definition) is 4. The first-order chi connectivity index (χ1) is 14.7. The van der Waals surface area contributed by atoms with Gasteiger partial charge in [0.25, 0.3) is 5.91 Å². The molecule has 0 radical (unpaired) electrons. The number of amides is 1. The van der Waals surface area contributed by atoms with Crippen LogP contribution in [0.1, 0.15) is 57.4 Å². The lowest BCUT2D eigenvalue weighted by Gasteiger charge is -2.44. The molecule has 1 spiro atoms. The molecule has 0 atom stereocenters. The van der Waals surface area contributed by atoms with Gasteiger partial charge in [0.15, 0.2) is 12.4 Å². The second-order valence-corrected chi connectivity index (χ2v) is 9.22. The number of piperidine rings is 1. The van der Waals surface area contributed by atoms with Crippen molar-refractivity contribution in [3.8, 4) is 11.5 Å². The van der Waals surface area contributed by atoms with Crippen LogP contribution in [0.4, 0.5) is 0 Å². The molecule has 0 aromatic heterocycles. The smallest absolute Gasteiger partial charge is 0.260 e. The predicted molar refractivity (Wildman–Crippen MR) is 120 cm³/mol. The van der Waals surface area contributed by atoms with E-state index < -0.39 is 5.60 Å². The maximum Gasteiger partial charge on any atom is 0.260 e. The molecule has 0 unspecified atom stereocenters. The summed E-state index contributed by atoms with van der Waals surface area (Å²) in [5.74, 6) is 1.60. The van der Waals surface area contributed by atoms with Gasteiger partial charge in [-0.25, -0.2) is 0 Å². The summed E-state index contributed by atoms with van der Waals surface area (Å²) < 4.78 is 12.3. The SMILES string of the molecule is Cc1cc(C)c(C)c(OCC(=O)N2CCC3(CC2)CC(=O)c2cc(C)cc(C)c2O3)c1. The Morgan fingerprint density at radius 3 is 2.35 bits per heavy atom. The van der Waals surface area contributed by atoms with E-state index in [9.17, 15) is 9.59 Å². The molecule has 31 heavy (non-hydrogen) atoms. The van der Waals surface area contributed by atoms with E-state index in [0.717, 1.165) is 39.3 Å². The second kappa shape index (κ2) is 8.03. The average Bonchev–Trinajstić information content (AvgIpc) is 2.71. The number of likely N-dealkylation sites (tertiary alicyclic amines) is 1. The van der Waals surface area contributed by atoms with E-state index in [1.54, 1.807) is 0 Å². The Balaban J connectivity index is 1.40. The van der Waals surface area contributed by atoms with E-state index in [0.29, 0.717) is 37.9 Å². The molecular formula is C26H31NO4. The summed E-state index contributed by atoms with van der Waals surface area (Å²) in [7, 11) is 0. The van der Waals surface area contributed by atoms with Gasteiger partial charge in [-0.15, -0.1) is 0 Å². The van der Waals surface area contributed by atoms with E-state index in [4.69, 9.17) is 9.47 Å². The zero-order valence-electron chi connectivity index (χ0n) is 19.1. The summed E-state index contributed by atoms with van der Waals surface area (Å²) in [5, 5.41) is 0. The highest BCUT2D eigenvalue weighted by molar-refractivity contribution is 6.01. The monoisotopic (exact) mass is 421 g/mol. The van der Waals surface area contributed by atoms with Crippen LogP contribution in [0, 0.1) is 34.6 Å². The Labute approximate surface area is 184 Å². The van der Waals surface area contributed by atoms with Gasteiger partial charge >= 0.3 is 0 Å². The van der Waals surface area contributed by atoms with Crippen molar-refractivity contribution in [2.75, 3.05) is 19.7 Å². The fourth-order valence-corrected chi connectivity index (χ4v) is 4.76. The van der Waals surface area contributed by atoms with Crippen molar-refractivity contribution in [1.29, 1.82) is 0 Å². The lowest BCUT2D eigenvalue weighted by Crippen LogP contribution is -2.53. The van der Waals surface area contributed by atoms with Gasteiger partial charge in [-0.05, 0) is 74.6 Å². The molecular weight excluding hydrogens is 390 g/mol. The Morgan fingerprint density at radius 2 is 1.65 bits per heavy atom. The number of aryl methyl sites for hydroxylation is 4. The van der Waals surface area contributed by atoms with Crippen molar-refractivity contribution >= 4 is 11.7 Å². The third-order valence-electron chi connectivity index (χ3n) is 6.66. The first-order valence-corrected chi connectivity index (χ1v) is 11.0. The lowest BCUT2D eigenvalue weighted by atomic mass is 9.81. The molecule has 164 valence electrons. The lowest BCUT2D eigenvalue weighted by molar-refractivity contribution is -0.137. The van der Waals surface area contributed by atoms with Gasteiger partial charge in [0, 0.05) is 25.9 Å². The molecule has 0 aliphatic carbocycles. The maximum atomic E-state index is 12.8. The van der Waals surface area contributed by atoms with Crippen LogP contribution in [-0.2, 0) is 4.79 Å². The van der Waals surface area contributed by atoms with Crippen LogP contribution in [0.25, 0.3) is 0 Å². The molecule has 1 fully saturated rings. The molecule has 4 rings (SSSR count). The first kappa shape index (κ1) is 21.4. The van der Waals surface area contributed by atoms with Crippen LogP contribution in [0.3, 0.4) is 0 Å². The zero-order chi connectivity index (χ0) is 22.3. The van der Waals surface area contributed by atoms with Crippen molar-refractivity contribution < 1.29 is 19.1 Å². The normalized spacial score (nSPS) is 17.3. The number of ketones is 1. The van der Waals surface area contributed by atoms with E-state index in [1.165, 1.54) is 0 Å². The van der Waals surface area contributed by atoms with Gasteiger partial charge in [-0.3, -0.25) is 9.59 Å². The Morgan fingerprint density at radius 1 is 1.00 bits per heavy atom. The van der Waals surface area contributed by atoms with Crippen molar-refractivity contribution in [3.63, 3.8) is 0 Å². The number of carbonyl (C=O) groups excluding carboxylic acids is 2. The zero-order valence-corrected chi connectivity index (χ0v) is 19.1. The van der Waals surface area contributed by atoms with Gasteiger partial charge in [0.2, 0.25) is 0 Å². The number of rotatable bonds is 3. The molecule has 2 heterocycles. The molecule has 5 nitrogen and oxygen atoms in total.